The van der Waals surface area contributed by atoms with Crippen LogP contribution in [0, 0.1) is 17.8 Å². The largest absolute Gasteiger partial charge is 0.330 e. The van der Waals surface area contributed by atoms with E-state index in [1.807, 2.05) is 11.3 Å². The van der Waals surface area contributed by atoms with Crippen molar-refractivity contribution in [1.29, 1.82) is 0 Å². The van der Waals surface area contributed by atoms with Crippen LogP contribution in [0.3, 0.4) is 0 Å². The van der Waals surface area contributed by atoms with Crippen LogP contribution in [0.2, 0.25) is 0 Å². The zero-order valence-corrected chi connectivity index (χ0v) is 13.7. The van der Waals surface area contributed by atoms with E-state index >= 15 is 0 Å². The quantitative estimate of drug-likeness (QED) is 0.874. The predicted molar refractivity (Wildman–Crippen MR) is 91.6 cm³/mol. The minimum atomic E-state index is 0.699. The molecule has 2 aromatic rings. The Hall–Kier alpha value is -0.930. The first-order valence-electron chi connectivity index (χ1n) is 8.34. The molecule has 3 rings (SSSR count). The molecule has 114 valence electrons. The van der Waals surface area contributed by atoms with Gasteiger partial charge in [0.25, 0.3) is 0 Å². The van der Waals surface area contributed by atoms with Crippen molar-refractivity contribution >= 4 is 21.6 Å². The number of rotatable bonds is 5. The second kappa shape index (κ2) is 6.89. The first kappa shape index (κ1) is 15.0. The molecule has 1 aliphatic rings. The van der Waals surface area contributed by atoms with Crippen LogP contribution in [0.5, 0.6) is 0 Å². The van der Waals surface area contributed by atoms with E-state index in [1.165, 1.54) is 41.8 Å². The average molecular weight is 302 g/mol. The molecule has 0 spiro atoms. The highest BCUT2D eigenvalue weighted by atomic mass is 32.1. The van der Waals surface area contributed by atoms with Crippen LogP contribution in [0.25, 0.3) is 10.2 Å². The lowest BCUT2D eigenvalue weighted by atomic mass is 9.71. The summed E-state index contributed by atoms with van der Waals surface area (Å²) >= 11 is 1.87. The molecule has 0 bridgehead atoms. The van der Waals surface area contributed by atoms with Gasteiger partial charge < -0.3 is 5.73 Å². The summed E-state index contributed by atoms with van der Waals surface area (Å²) in [5, 5.41) is 1.30. The fraction of sp³-hybridized carbons (Fsp3) is 0.611. The fourth-order valence-electron chi connectivity index (χ4n) is 3.89. The van der Waals surface area contributed by atoms with Crippen molar-refractivity contribution in [3.8, 4) is 0 Å². The van der Waals surface area contributed by atoms with Gasteiger partial charge in [0, 0.05) is 6.42 Å². The topological polar surface area (TPSA) is 38.9 Å². The Bertz CT molecular complexity index is 544. The van der Waals surface area contributed by atoms with Gasteiger partial charge in [0.05, 0.1) is 15.2 Å². The van der Waals surface area contributed by atoms with Gasteiger partial charge in [-0.15, -0.1) is 11.3 Å². The Morgan fingerprint density at radius 2 is 2.10 bits per heavy atom. The number of aromatic nitrogens is 1. The Kier molecular flexibility index (Phi) is 4.91. The Balaban J connectivity index is 1.73. The standard InChI is InChI=1S/C18H26N2S/c1-2-5-13-8-9-14(12-19)15(10-13)11-18-20-16-6-3-4-7-17(16)21-18/h3-4,6-7,13-15H,2,5,8-12,19H2,1H3. The molecular formula is C18H26N2S. The molecule has 3 heteroatoms. The Labute approximate surface area is 131 Å². The third kappa shape index (κ3) is 3.46. The van der Waals surface area contributed by atoms with Crippen LogP contribution in [0.15, 0.2) is 24.3 Å². The van der Waals surface area contributed by atoms with E-state index in [0.717, 1.165) is 30.3 Å². The summed E-state index contributed by atoms with van der Waals surface area (Å²) in [5.41, 5.74) is 7.18. The molecule has 2 N–H and O–H groups in total. The van der Waals surface area contributed by atoms with E-state index in [1.54, 1.807) is 0 Å². The van der Waals surface area contributed by atoms with E-state index in [-0.39, 0.29) is 0 Å². The molecular weight excluding hydrogens is 276 g/mol. The SMILES string of the molecule is CCCC1CCC(CN)C(Cc2nc3ccccc3s2)C1. The van der Waals surface area contributed by atoms with Crippen LogP contribution in [-0.4, -0.2) is 11.5 Å². The molecule has 0 aliphatic heterocycles. The summed E-state index contributed by atoms with van der Waals surface area (Å²) in [6, 6.07) is 8.48. The number of hydrogen-bond donors (Lipinski definition) is 1. The molecule has 3 atom stereocenters. The smallest absolute Gasteiger partial charge is 0.0941 e. The van der Waals surface area contributed by atoms with Crippen molar-refractivity contribution in [3.63, 3.8) is 0 Å². The monoisotopic (exact) mass is 302 g/mol. The summed E-state index contributed by atoms with van der Waals surface area (Å²) in [7, 11) is 0. The molecule has 1 aromatic carbocycles. The lowest BCUT2D eigenvalue weighted by molar-refractivity contribution is 0.175. The average Bonchev–Trinajstić information content (AvgIpc) is 2.90. The summed E-state index contributed by atoms with van der Waals surface area (Å²) in [4.78, 5) is 4.82. The van der Waals surface area contributed by atoms with E-state index in [4.69, 9.17) is 10.7 Å². The maximum absolute atomic E-state index is 6.02. The van der Waals surface area contributed by atoms with Gasteiger partial charge in [-0.25, -0.2) is 4.98 Å². The van der Waals surface area contributed by atoms with E-state index < -0.39 is 0 Å². The molecule has 0 radical (unpaired) electrons. The van der Waals surface area contributed by atoms with Crippen molar-refractivity contribution in [2.75, 3.05) is 6.54 Å². The van der Waals surface area contributed by atoms with E-state index in [9.17, 15) is 0 Å². The van der Waals surface area contributed by atoms with Crippen molar-refractivity contribution in [1.82, 2.24) is 4.98 Å². The Morgan fingerprint density at radius 1 is 1.24 bits per heavy atom. The number of hydrogen-bond acceptors (Lipinski definition) is 3. The molecule has 1 aliphatic carbocycles. The van der Waals surface area contributed by atoms with Gasteiger partial charge in [-0.1, -0.05) is 38.3 Å². The molecule has 2 nitrogen and oxygen atoms in total. The summed E-state index contributed by atoms with van der Waals surface area (Å²) in [5.74, 6) is 2.35. The minimum absolute atomic E-state index is 0.699. The second-order valence-corrected chi connectivity index (χ2v) is 7.62. The fourth-order valence-corrected chi connectivity index (χ4v) is 4.95. The van der Waals surface area contributed by atoms with Crippen LogP contribution >= 0.6 is 11.3 Å². The normalized spacial score (nSPS) is 26.3. The molecule has 0 saturated heterocycles. The molecule has 3 unspecified atom stereocenters. The molecule has 1 saturated carbocycles. The van der Waals surface area contributed by atoms with Crippen molar-refractivity contribution in [3.05, 3.63) is 29.3 Å². The highest BCUT2D eigenvalue weighted by molar-refractivity contribution is 7.18. The number of para-hydroxylation sites is 1. The van der Waals surface area contributed by atoms with Gasteiger partial charge in [-0.2, -0.15) is 0 Å². The maximum Gasteiger partial charge on any atom is 0.0941 e. The summed E-state index contributed by atoms with van der Waals surface area (Å²) in [6.45, 7) is 3.14. The predicted octanol–water partition coefficient (Wildman–Crippen LogP) is 4.63. The highest BCUT2D eigenvalue weighted by Crippen LogP contribution is 2.38. The highest BCUT2D eigenvalue weighted by Gasteiger charge is 2.30. The summed E-state index contributed by atoms with van der Waals surface area (Å²) < 4.78 is 1.32. The molecule has 0 amide bonds. The van der Waals surface area contributed by atoms with Gasteiger partial charge in [-0.3, -0.25) is 0 Å². The lowest BCUT2D eigenvalue weighted by Gasteiger charge is -2.35. The first-order valence-corrected chi connectivity index (χ1v) is 9.16. The van der Waals surface area contributed by atoms with Gasteiger partial charge in [0.2, 0.25) is 0 Å². The maximum atomic E-state index is 6.02. The lowest BCUT2D eigenvalue weighted by Crippen LogP contribution is -2.31. The number of nitrogens with zero attached hydrogens (tertiary/aromatic N) is 1. The molecule has 21 heavy (non-hydrogen) atoms. The van der Waals surface area contributed by atoms with Gasteiger partial charge in [0.1, 0.15) is 0 Å². The van der Waals surface area contributed by atoms with E-state index in [2.05, 4.69) is 31.2 Å². The zero-order chi connectivity index (χ0) is 14.7. The van der Waals surface area contributed by atoms with Gasteiger partial charge >= 0.3 is 0 Å². The van der Waals surface area contributed by atoms with Crippen molar-refractivity contribution in [2.24, 2.45) is 23.5 Å². The third-order valence-corrected chi connectivity index (χ3v) is 6.08. The number of benzene rings is 1. The number of nitrogens with two attached hydrogens (primary N) is 1. The van der Waals surface area contributed by atoms with Crippen LogP contribution in [-0.2, 0) is 6.42 Å². The molecule has 1 heterocycles. The van der Waals surface area contributed by atoms with Crippen LogP contribution in [0.4, 0.5) is 0 Å². The van der Waals surface area contributed by atoms with Crippen molar-refractivity contribution in [2.45, 2.75) is 45.4 Å². The van der Waals surface area contributed by atoms with Gasteiger partial charge in [-0.05, 0) is 49.3 Å². The van der Waals surface area contributed by atoms with Crippen molar-refractivity contribution < 1.29 is 0 Å². The second-order valence-electron chi connectivity index (χ2n) is 6.50. The summed E-state index contributed by atoms with van der Waals surface area (Å²) in [6.07, 6.45) is 7.87. The zero-order valence-electron chi connectivity index (χ0n) is 12.9. The third-order valence-electron chi connectivity index (χ3n) is 5.02. The first-order chi connectivity index (χ1) is 10.3. The minimum Gasteiger partial charge on any atom is -0.330 e. The van der Waals surface area contributed by atoms with E-state index in [0.29, 0.717) is 5.92 Å². The number of fused-ring (bicyclic) bond motifs is 1. The number of thiazole rings is 1. The Morgan fingerprint density at radius 3 is 2.86 bits per heavy atom. The van der Waals surface area contributed by atoms with Gasteiger partial charge in [0.15, 0.2) is 0 Å². The van der Waals surface area contributed by atoms with Crippen LogP contribution in [0.1, 0.15) is 44.0 Å². The molecule has 1 aromatic heterocycles. The molecule has 1 fully saturated rings. The van der Waals surface area contributed by atoms with Crippen LogP contribution < -0.4 is 5.73 Å².